The van der Waals surface area contributed by atoms with Crippen LogP contribution in [0.1, 0.15) is 23.2 Å². The number of anilines is 1. The van der Waals surface area contributed by atoms with Crippen molar-refractivity contribution in [1.29, 1.82) is 0 Å². The Morgan fingerprint density at radius 1 is 1.03 bits per heavy atom. The van der Waals surface area contributed by atoms with Crippen molar-refractivity contribution in [3.8, 4) is 0 Å². The molecule has 29 heavy (non-hydrogen) atoms. The zero-order valence-corrected chi connectivity index (χ0v) is 16.0. The van der Waals surface area contributed by atoms with Gasteiger partial charge in [0.15, 0.2) is 11.6 Å². The lowest BCUT2D eigenvalue weighted by atomic mass is 10.0. The van der Waals surface area contributed by atoms with E-state index in [1.54, 1.807) is 6.20 Å². The van der Waals surface area contributed by atoms with Crippen LogP contribution in [-0.2, 0) is 0 Å². The summed E-state index contributed by atoms with van der Waals surface area (Å²) in [5, 5.41) is 4.32. The molecule has 4 rings (SSSR count). The normalized spacial score (nSPS) is 15.0. The molecule has 1 N–H and O–H groups in total. The molecular formula is C21H17ClF3N3O. The number of amides is 1. The van der Waals surface area contributed by atoms with E-state index in [9.17, 15) is 18.0 Å². The van der Waals surface area contributed by atoms with E-state index in [2.05, 4.69) is 15.2 Å². The van der Waals surface area contributed by atoms with Crippen molar-refractivity contribution < 1.29 is 18.0 Å². The molecule has 3 aromatic rings. The van der Waals surface area contributed by atoms with Crippen LogP contribution in [0.5, 0.6) is 0 Å². The topological polar surface area (TPSA) is 45.2 Å². The molecule has 0 radical (unpaired) electrons. The van der Waals surface area contributed by atoms with Gasteiger partial charge in [0, 0.05) is 47.5 Å². The fourth-order valence-electron chi connectivity index (χ4n) is 3.61. The Hall–Kier alpha value is -2.80. The second-order valence-electron chi connectivity index (χ2n) is 6.97. The minimum atomic E-state index is -1.32. The van der Waals surface area contributed by atoms with E-state index < -0.39 is 28.9 Å². The van der Waals surface area contributed by atoms with E-state index in [-0.39, 0.29) is 6.04 Å². The van der Waals surface area contributed by atoms with Crippen molar-refractivity contribution in [2.45, 2.75) is 18.9 Å². The van der Waals surface area contributed by atoms with Crippen molar-refractivity contribution >= 4 is 34.1 Å². The van der Waals surface area contributed by atoms with Gasteiger partial charge in [-0.05, 0) is 43.2 Å². The smallest absolute Gasteiger partial charge is 0.254 e. The first-order valence-corrected chi connectivity index (χ1v) is 9.55. The van der Waals surface area contributed by atoms with Crippen LogP contribution in [-0.4, -0.2) is 30.0 Å². The molecule has 0 saturated carbocycles. The molecule has 2 aromatic carbocycles. The number of carbonyl (C=O) groups is 1. The van der Waals surface area contributed by atoms with Gasteiger partial charge in [-0.3, -0.25) is 9.78 Å². The number of halogens is 4. The van der Waals surface area contributed by atoms with Crippen LogP contribution in [0, 0.1) is 17.5 Å². The molecular weight excluding hydrogens is 403 g/mol. The Bertz CT molecular complexity index is 1080. The Morgan fingerprint density at radius 2 is 1.76 bits per heavy atom. The Labute approximate surface area is 170 Å². The predicted molar refractivity (Wildman–Crippen MR) is 106 cm³/mol. The number of fused-ring (bicyclic) bond motifs is 1. The maximum atomic E-state index is 13.8. The van der Waals surface area contributed by atoms with Crippen LogP contribution in [0.3, 0.4) is 0 Å². The molecule has 0 aliphatic carbocycles. The fraction of sp³-hybridized carbons (Fsp3) is 0.238. The number of aromatic nitrogens is 1. The third-order valence-electron chi connectivity index (χ3n) is 5.11. The third-order valence-corrected chi connectivity index (χ3v) is 5.34. The lowest BCUT2D eigenvalue weighted by Gasteiger charge is -2.34. The molecule has 2 heterocycles. The molecule has 1 aromatic heterocycles. The van der Waals surface area contributed by atoms with Crippen molar-refractivity contribution in [1.82, 2.24) is 10.3 Å². The highest BCUT2D eigenvalue weighted by molar-refractivity contribution is 6.31. The SMILES string of the molecule is O=C(NC1CCN(c2ccnc3cc(Cl)ccc23)CC1)c1cc(F)c(F)cc1F. The van der Waals surface area contributed by atoms with Gasteiger partial charge in [-0.15, -0.1) is 0 Å². The largest absolute Gasteiger partial charge is 0.371 e. The quantitative estimate of drug-likeness (QED) is 0.626. The minimum Gasteiger partial charge on any atom is -0.371 e. The van der Waals surface area contributed by atoms with E-state index in [4.69, 9.17) is 11.6 Å². The van der Waals surface area contributed by atoms with Gasteiger partial charge in [-0.25, -0.2) is 13.2 Å². The number of pyridine rings is 1. The van der Waals surface area contributed by atoms with Gasteiger partial charge >= 0.3 is 0 Å². The zero-order chi connectivity index (χ0) is 20.5. The molecule has 1 fully saturated rings. The molecule has 1 saturated heterocycles. The van der Waals surface area contributed by atoms with E-state index in [1.165, 1.54) is 0 Å². The number of carbonyl (C=O) groups excluding carboxylic acids is 1. The van der Waals surface area contributed by atoms with Gasteiger partial charge in [-0.2, -0.15) is 0 Å². The first kappa shape index (κ1) is 19.5. The van der Waals surface area contributed by atoms with E-state index in [1.807, 2.05) is 24.3 Å². The highest BCUT2D eigenvalue weighted by atomic mass is 35.5. The number of hydrogen-bond donors (Lipinski definition) is 1. The second-order valence-corrected chi connectivity index (χ2v) is 7.41. The van der Waals surface area contributed by atoms with Crippen LogP contribution in [0.15, 0.2) is 42.6 Å². The van der Waals surface area contributed by atoms with Crippen molar-refractivity contribution in [3.05, 3.63) is 70.6 Å². The molecule has 0 bridgehead atoms. The Kier molecular flexibility index (Phi) is 5.32. The van der Waals surface area contributed by atoms with Crippen LogP contribution >= 0.6 is 11.6 Å². The van der Waals surface area contributed by atoms with Crippen LogP contribution in [0.2, 0.25) is 5.02 Å². The van der Waals surface area contributed by atoms with Gasteiger partial charge in [0.05, 0.1) is 11.1 Å². The molecule has 0 spiro atoms. The summed E-state index contributed by atoms with van der Waals surface area (Å²) in [4.78, 5) is 18.8. The van der Waals surface area contributed by atoms with Crippen molar-refractivity contribution in [3.63, 3.8) is 0 Å². The van der Waals surface area contributed by atoms with Gasteiger partial charge in [0.25, 0.3) is 5.91 Å². The van der Waals surface area contributed by atoms with Crippen LogP contribution in [0.4, 0.5) is 18.9 Å². The molecule has 150 valence electrons. The molecule has 0 atom stereocenters. The van der Waals surface area contributed by atoms with Crippen LogP contribution in [0.25, 0.3) is 10.9 Å². The van der Waals surface area contributed by atoms with Gasteiger partial charge in [-0.1, -0.05) is 11.6 Å². The number of nitrogens with zero attached hydrogens (tertiary/aromatic N) is 2. The highest BCUT2D eigenvalue weighted by Crippen LogP contribution is 2.29. The summed E-state index contributed by atoms with van der Waals surface area (Å²) in [5.74, 6) is -4.40. The standard InChI is InChI=1S/C21H17ClF3N3O/c22-12-1-2-14-19(9-12)26-6-3-20(14)28-7-4-13(5-8-28)27-21(29)15-10-17(24)18(25)11-16(15)23/h1-3,6,9-11,13H,4-5,7-8H2,(H,27,29). The summed E-state index contributed by atoms with van der Waals surface area (Å²) < 4.78 is 40.2. The first-order valence-electron chi connectivity index (χ1n) is 9.17. The van der Waals surface area contributed by atoms with Crippen molar-refractivity contribution in [2.75, 3.05) is 18.0 Å². The van der Waals surface area contributed by atoms with Crippen LogP contribution < -0.4 is 10.2 Å². The summed E-state index contributed by atoms with van der Waals surface area (Å²) in [7, 11) is 0. The Morgan fingerprint density at radius 3 is 2.52 bits per heavy atom. The van der Waals surface area contributed by atoms with Gasteiger partial charge in [0.2, 0.25) is 0 Å². The molecule has 8 heteroatoms. The average molecular weight is 420 g/mol. The maximum absolute atomic E-state index is 13.8. The summed E-state index contributed by atoms with van der Waals surface area (Å²) in [6.45, 7) is 1.35. The monoisotopic (exact) mass is 419 g/mol. The van der Waals surface area contributed by atoms with Crippen molar-refractivity contribution in [2.24, 2.45) is 0 Å². The molecule has 4 nitrogen and oxygen atoms in total. The number of nitrogens with one attached hydrogen (secondary N) is 1. The second kappa shape index (κ2) is 7.91. The fourth-order valence-corrected chi connectivity index (χ4v) is 3.77. The maximum Gasteiger partial charge on any atom is 0.254 e. The molecule has 1 aliphatic heterocycles. The summed E-state index contributed by atoms with van der Waals surface area (Å²) in [6.07, 6.45) is 3.00. The lowest BCUT2D eigenvalue weighted by molar-refractivity contribution is 0.0926. The minimum absolute atomic E-state index is 0.186. The summed E-state index contributed by atoms with van der Waals surface area (Å²) in [6, 6.07) is 8.28. The zero-order valence-electron chi connectivity index (χ0n) is 15.3. The highest BCUT2D eigenvalue weighted by Gasteiger charge is 2.24. The summed E-state index contributed by atoms with van der Waals surface area (Å²) in [5.41, 5.74) is 1.34. The number of piperidine rings is 1. The molecule has 1 amide bonds. The Balaban J connectivity index is 1.44. The van der Waals surface area contributed by atoms with E-state index >= 15 is 0 Å². The number of hydrogen-bond acceptors (Lipinski definition) is 3. The number of benzene rings is 2. The molecule has 0 unspecified atom stereocenters. The molecule has 1 aliphatic rings. The average Bonchev–Trinajstić information content (AvgIpc) is 2.70. The van der Waals surface area contributed by atoms with Gasteiger partial charge in [0.1, 0.15) is 5.82 Å². The lowest BCUT2D eigenvalue weighted by Crippen LogP contribution is -2.45. The summed E-state index contributed by atoms with van der Waals surface area (Å²) >= 11 is 6.04. The first-order chi connectivity index (χ1) is 13.9. The van der Waals surface area contributed by atoms with Gasteiger partial charge < -0.3 is 10.2 Å². The number of rotatable bonds is 3. The third kappa shape index (κ3) is 4.00. The van der Waals surface area contributed by atoms with E-state index in [0.29, 0.717) is 43.1 Å². The van der Waals surface area contributed by atoms with E-state index in [0.717, 1.165) is 16.6 Å². The predicted octanol–water partition coefficient (Wildman–Crippen LogP) is 4.70.